The summed E-state index contributed by atoms with van der Waals surface area (Å²) in [6.07, 6.45) is -4.51. The van der Waals surface area contributed by atoms with Gasteiger partial charge in [0.1, 0.15) is 6.04 Å². The normalized spacial score (nSPS) is 12.9. The molecule has 0 aliphatic carbocycles. The van der Waals surface area contributed by atoms with Crippen molar-refractivity contribution in [3.63, 3.8) is 0 Å². The van der Waals surface area contributed by atoms with Crippen LogP contribution in [0.2, 0.25) is 0 Å². The number of anilines is 1. The first-order valence-electron chi connectivity index (χ1n) is 7.66. The van der Waals surface area contributed by atoms with Crippen molar-refractivity contribution in [3.8, 4) is 0 Å². The number of hydrogen-bond donors (Lipinski definition) is 2. The second-order valence-corrected chi connectivity index (χ2v) is 5.89. The molecule has 134 valence electrons. The Balaban J connectivity index is 2.32. The van der Waals surface area contributed by atoms with Gasteiger partial charge < -0.3 is 11.1 Å². The lowest BCUT2D eigenvalue weighted by molar-refractivity contribution is -0.137. The molecule has 0 radical (unpaired) electrons. The molecule has 0 bridgehead atoms. The maximum absolute atomic E-state index is 13.0. The van der Waals surface area contributed by atoms with Gasteiger partial charge in [0.15, 0.2) is 0 Å². The zero-order valence-electron chi connectivity index (χ0n) is 14.0. The number of hydrogen-bond acceptors (Lipinski definition) is 3. The Morgan fingerprint density at radius 1 is 1.16 bits per heavy atom. The van der Waals surface area contributed by atoms with E-state index in [1.807, 2.05) is 6.07 Å². The predicted octanol–water partition coefficient (Wildman–Crippen LogP) is 3.41. The molecule has 2 aromatic rings. The number of benzene rings is 2. The van der Waals surface area contributed by atoms with Crippen molar-refractivity contribution < 1.29 is 18.0 Å². The van der Waals surface area contributed by atoms with Crippen LogP contribution in [0, 0.1) is 0 Å². The smallest absolute Gasteiger partial charge is 0.326 e. The largest absolute Gasteiger partial charge is 0.416 e. The zero-order chi connectivity index (χ0) is 18.6. The van der Waals surface area contributed by atoms with Crippen LogP contribution in [0.5, 0.6) is 0 Å². The van der Waals surface area contributed by atoms with Crippen LogP contribution in [0.1, 0.15) is 22.7 Å². The summed E-state index contributed by atoms with van der Waals surface area (Å²) in [6, 6.07) is 11.7. The number of halogens is 3. The van der Waals surface area contributed by atoms with E-state index in [4.69, 9.17) is 5.73 Å². The van der Waals surface area contributed by atoms with Gasteiger partial charge in [-0.05, 0) is 43.4 Å². The summed E-state index contributed by atoms with van der Waals surface area (Å²) in [5.74, 6) is -0.418. The molecule has 1 amide bonds. The molecule has 7 heteroatoms. The van der Waals surface area contributed by atoms with Gasteiger partial charge in [-0.25, -0.2) is 0 Å². The number of rotatable bonds is 5. The molecule has 2 aromatic carbocycles. The second-order valence-electron chi connectivity index (χ2n) is 5.89. The molecular weight excluding hydrogens is 331 g/mol. The number of nitrogens with two attached hydrogens (primary N) is 1. The van der Waals surface area contributed by atoms with Crippen LogP contribution >= 0.6 is 0 Å². The number of nitrogens with one attached hydrogen (secondary N) is 1. The quantitative estimate of drug-likeness (QED) is 0.868. The average molecular weight is 351 g/mol. The lowest BCUT2D eigenvalue weighted by atomic mass is 10.0. The summed E-state index contributed by atoms with van der Waals surface area (Å²) < 4.78 is 39.0. The first kappa shape index (κ1) is 19.0. The van der Waals surface area contributed by atoms with Crippen molar-refractivity contribution >= 4 is 11.6 Å². The standard InChI is InChI=1S/C18H20F3N3O/c1-24(2)16(13-6-4-3-5-7-13)17(25)23-15-9-12(11-22)8-14(10-15)18(19,20)21/h3-10,16H,11,22H2,1-2H3,(H,23,25). The molecule has 0 aliphatic rings. The van der Waals surface area contributed by atoms with E-state index in [2.05, 4.69) is 5.32 Å². The molecule has 0 spiro atoms. The minimum atomic E-state index is -4.51. The Hall–Kier alpha value is -2.38. The highest BCUT2D eigenvalue weighted by atomic mass is 19.4. The first-order chi connectivity index (χ1) is 11.7. The Kier molecular flexibility index (Phi) is 5.81. The van der Waals surface area contributed by atoms with Crippen LogP contribution in [0.25, 0.3) is 0 Å². The van der Waals surface area contributed by atoms with Gasteiger partial charge in [-0.3, -0.25) is 9.69 Å². The molecule has 0 aliphatic heterocycles. The van der Waals surface area contributed by atoms with Gasteiger partial charge in [0, 0.05) is 12.2 Å². The van der Waals surface area contributed by atoms with Gasteiger partial charge in [-0.1, -0.05) is 30.3 Å². The fraction of sp³-hybridized carbons (Fsp3) is 0.278. The Bertz CT molecular complexity index is 730. The van der Waals surface area contributed by atoms with Gasteiger partial charge in [-0.2, -0.15) is 13.2 Å². The zero-order valence-corrected chi connectivity index (χ0v) is 14.0. The molecule has 0 saturated carbocycles. The van der Waals surface area contributed by atoms with Crippen LogP contribution in [0.3, 0.4) is 0 Å². The topological polar surface area (TPSA) is 58.4 Å². The molecule has 0 saturated heterocycles. The van der Waals surface area contributed by atoms with Crippen molar-refractivity contribution in [1.29, 1.82) is 0 Å². The van der Waals surface area contributed by atoms with Gasteiger partial charge in [0.25, 0.3) is 0 Å². The molecule has 4 nitrogen and oxygen atoms in total. The van der Waals surface area contributed by atoms with E-state index < -0.39 is 23.7 Å². The minimum Gasteiger partial charge on any atom is -0.326 e. The average Bonchev–Trinajstić information content (AvgIpc) is 2.54. The Morgan fingerprint density at radius 2 is 1.80 bits per heavy atom. The number of likely N-dealkylation sites (N-methyl/N-ethyl adjacent to an activating group) is 1. The lowest BCUT2D eigenvalue weighted by Crippen LogP contribution is -2.32. The number of nitrogens with zero attached hydrogens (tertiary/aromatic N) is 1. The summed E-state index contributed by atoms with van der Waals surface area (Å²) in [4.78, 5) is 14.3. The van der Waals surface area contributed by atoms with Crippen LogP contribution in [0.15, 0.2) is 48.5 Å². The summed E-state index contributed by atoms with van der Waals surface area (Å²) in [7, 11) is 3.46. The lowest BCUT2D eigenvalue weighted by Gasteiger charge is -2.24. The number of amides is 1. The molecule has 2 rings (SSSR count). The molecule has 25 heavy (non-hydrogen) atoms. The van der Waals surface area contributed by atoms with Gasteiger partial charge >= 0.3 is 6.18 Å². The van der Waals surface area contributed by atoms with Crippen LogP contribution in [-0.2, 0) is 17.5 Å². The summed E-state index contributed by atoms with van der Waals surface area (Å²) in [5.41, 5.74) is 5.75. The third kappa shape index (κ3) is 4.80. The molecule has 0 heterocycles. The highest BCUT2D eigenvalue weighted by molar-refractivity contribution is 5.95. The molecule has 1 atom stereocenters. The van der Waals surface area contributed by atoms with Crippen LogP contribution in [0.4, 0.5) is 18.9 Å². The van der Waals surface area contributed by atoms with E-state index in [9.17, 15) is 18.0 Å². The monoisotopic (exact) mass is 351 g/mol. The van der Waals surface area contributed by atoms with Crippen LogP contribution < -0.4 is 11.1 Å². The molecule has 3 N–H and O–H groups in total. The van der Waals surface area contributed by atoms with E-state index in [-0.39, 0.29) is 12.2 Å². The number of carbonyl (C=O) groups excluding carboxylic acids is 1. The summed E-state index contributed by atoms with van der Waals surface area (Å²) in [6.45, 7) is -0.0530. The highest BCUT2D eigenvalue weighted by Gasteiger charge is 2.31. The van der Waals surface area contributed by atoms with E-state index in [0.717, 1.165) is 17.7 Å². The fourth-order valence-corrected chi connectivity index (χ4v) is 2.58. The van der Waals surface area contributed by atoms with E-state index in [1.54, 1.807) is 43.3 Å². The minimum absolute atomic E-state index is 0.0530. The Labute approximate surface area is 144 Å². The first-order valence-corrected chi connectivity index (χ1v) is 7.66. The number of alkyl halides is 3. The molecular formula is C18H20F3N3O. The van der Waals surface area contributed by atoms with E-state index >= 15 is 0 Å². The van der Waals surface area contributed by atoms with Crippen molar-refractivity contribution in [2.24, 2.45) is 5.73 Å². The maximum Gasteiger partial charge on any atom is 0.416 e. The van der Waals surface area contributed by atoms with Gasteiger partial charge in [0.05, 0.1) is 5.56 Å². The molecule has 0 aromatic heterocycles. The summed E-state index contributed by atoms with van der Waals surface area (Å²) in [5, 5.41) is 2.57. The van der Waals surface area contributed by atoms with E-state index in [0.29, 0.717) is 5.56 Å². The third-order valence-corrected chi connectivity index (χ3v) is 3.70. The van der Waals surface area contributed by atoms with Crippen molar-refractivity contribution in [3.05, 3.63) is 65.2 Å². The SMILES string of the molecule is CN(C)C(C(=O)Nc1cc(CN)cc(C(F)(F)F)c1)c1ccccc1. The van der Waals surface area contributed by atoms with Crippen LogP contribution in [-0.4, -0.2) is 24.9 Å². The molecule has 0 fully saturated rings. The third-order valence-electron chi connectivity index (χ3n) is 3.70. The highest BCUT2D eigenvalue weighted by Crippen LogP contribution is 2.32. The Morgan fingerprint density at radius 3 is 2.32 bits per heavy atom. The van der Waals surface area contributed by atoms with Gasteiger partial charge in [0.2, 0.25) is 5.91 Å². The van der Waals surface area contributed by atoms with Crippen molar-refractivity contribution in [1.82, 2.24) is 4.90 Å². The van der Waals surface area contributed by atoms with Gasteiger partial charge in [-0.15, -0.1) is 0 Å². The van der Waals surface area contributed by atoms with Crippen molar-refractivity contribution in [2.75, 3.05) is 19.4 Å². The fourth-order valence-electron chi connectivity index (χ4n) is 2.58. The van der Waals surface area contributed by atoms with Crippen molar-refractivity contribution in [2.45, 2.75) is 18.8 Å². The second kappa shape index (κ2) is 7.67. The summed E-state index contributed by atoms with van der Waals surface area (Å²) >= 11 is 0. The van der Waals surface area contributed by atoms with E-state index in [1.165, 1.54) is 6.07 Å². The predicted molar refractivity (Wildman–Crippen MR) is 90.8 cm³/mol. The maximum atomic E-state index is 13.0. The number of carbonyl (C=O) groups is 1. The molecule has 1 unspecified atom stereocenters.